The number of rotatable bonds is 5. The average molecular weight is 481 g/mol. The van der Waals surface area contributed by atoms with Gasteiger partial charge in [0.05, 0.1) is 10.6 Å². The van der Waals surface area contributed by atoms with Crippen LogP contribution in [-0.2, 0) is 10.0 Å². The second-order valence-corrected chi connectivity index (χ2v) is 9.38. The SMILES string of the molecule is Cc1ccc(S(=O)(=O)Nc2ccccc2Sc2ccccc2I)cc1. The van der Waals surface area contributed by atoms with Gasteiger partial charge in [-0.1, -0.05) is 53.7 Å². The number of aryl methyl sites for hydroxylation is 1. The molecule has 0 spiro atoms. The summed E-state index contributed by atoms with van der Waals surface area (Å²) in [4.78, 5) is 2.21. The Kier molecular flexibility index (Phi) is 5.71. The van der Waals surface area contributed by atoms with Crippen molar-refractivity contribution in [1.29, 1.82) is 0 Å². The van der Waals surface area contributed by atoms with Crippen LogP contribution in [-0.4, -0.2) is 8.42 Å². The van der Waals surface area contributed by atoms with Crippen LogP contribution in [0.1, 0.15) is 5.56 Å². The van der Waals surface area contributed by atoms with Crippen molar-refractivity contribution in [3.63, 3.8) is 0 Å². The van der Waals surface area contributed by atoms with Gasteiger partial charge < -0.3 is 0 Å². The zero-order chi connectivity index (χ0) is 17.9. The average Bonchev–Trinajstić information content (AvgIpc) is 2.59. The molecule has 6 heteroatoms. The van der Waals surface area contributed by atoms with E-state index < -0.39 is 10.0 Å². The Morgan fingerprint density at radius 2 is 1.44 bits per heavy atom. The van der Waals surface area contributed by atoms with Crippen molar-refractivity contribution < 1.29 is 8.42 Å². The molecule has 0 amide bonds. The molecule has 3 aromatic carbocycles. The number of para-hydroxylation sites is 1. The zero-order valence-corrected chi connectivity index (χ0v) is 17.2. The molecule has 0 heterocycles. The highest BCUT2D eigenvalue weighted by Crippen LogP contribution is 2.36. The van der Waals surface area contributed by atoms with Gasteiger partial charge in [0, 0.05) is 13.4 Å². The minimum Gasteiger partial charge on any atom is -0.278 e. The Balaban J connectivity index is 1.91. The summed E-state index contributed by atoms with van der Waals surface area (Å²) in [7, 11) is -3.62. The van der Waals surface area contributed by atoms with Gasteiger partial charge in [-0.25, -0.2) is 8.42 Å². The van der Waals surface area contributed by atoms with Gasteiger partial charge in [-0.05, 0) is 65.9 Å². The van der Waals surface area contributed by atoms with E-state index in [2.05, 4.69) is 27.3 Å². The second-order valence-electron chi connectivity index (χ2n) is 5.45. The van der Waals surface area contributed by atoms with E-state index in [4.69, 9.17) is 0 Å². The smallest absolute Gasteiger partial charge is 0.261 e. The lowest BCUT2D eigenvalue weighted by Crippen LogP contribution is -2.13. The van der Waals surface area contributed by atoms with Crippen LogP contribution in [0.5, 0.6) is 0 Å². The van der Waals surface area contributed by atoms with Gasteiger partial charge in [0.25, 0.3) is 10.0 Å². The van der Waals surface area contributed by atoms with Gasteiger partial charge in [0.1, 0.15) is 0 Å². The molecule has 0 fully saturated rings. The Morgan fingerprint density at radius 3 is 2.12 bits per heavy atom. The minimum absolute atomic E-state index is 0.257. The van der Waals surface area contributed by atoms with Crippen LogP contribution >= 0.6 is 34.4 Å². The monoisotopic (exact) mass is 481 g/mol. The molecule has 0 atom stereocenters. The number of halogens is 1. The summed E-state index contributed by atoms with van der Waals surface area (Å²) in [6.07, 6.45) is 0. The van der Waals surface area contributed by atoms with Gasteiger partial charge in [0.15, 0.2) is 0 Å². The summed E-state index contributed by atoms with van der Waals surface area (Å²) in [6, 6.07) is 22.3. The molecule has 0 unspecified atom stereocenters. The zero-order valence-electron chi connectivity index (χ0n) is 13.4. The van der Waals surface area contributed by atoms with Gasteiger partial charge in [-0.3, -0.25) is 4.72 Å². The normalized spacial score (nSPS) is 11.3. The van der Waals surface area contributed by atoms with Crippen LogP contribution in [0.3, 0.4) is 0 Å². The maximum absolute atomic E-state index is 12.7. The maximum Gasteiger partial charge on any atom is 0.261 e. The molecule has 3 rings (SSSR count). The Hall–Kier alpha value is -1.51. The molecular formula is C19H16INO2S2. The lowest BCUT2D eigenvalue weighted by Gasteiger charge is -2.13. The van der Waals surface area contributed by atoms with Crippen molar-refractivity contribution in [3.8, 4) is 0 Å². The van der Waals surface area contributed by atoms with Crippen LogP contribution < -0.4 is 4.72 Å². The van der Waals surface area contributed by atoms with Crippen molar-refractivity contribution >= 4 is 50.1 Å². The lowest BCUT2D eigenvalue weighted by molar-refractivity contribution is 0.601. The third-order valence-corrected chi connectivity index (χ3v) is 7.36. The number of sulfonamides is 1. The highest BCUT2D eigenvalue weighted by Gasteiger charge is 2.16. The topological polar surface area (TPSA) is 46.2 Å². The fraction of sp³-hybridized carbons (Fsp3) is 0.0526. The molecule has 0 saturated carbocycles. The standard InChI is InChI=1S/C19H16INO2S2/c1-14-10-12-15(13-11-14)25(22,23)21-17-7-3-5-9-19(17)24-18-8-4-2-6-16(18)20/h2-13,21H,1H3. The summed E-state index contributed by atoms with van der Waals surface area (Å²) in [5, 5.41) is 0. The van der Waals surface area contributed by atoms with Gasteiger partial charge >= 0.3 is 0 Å². The van der Waals surface area contributed by atoms with E-state index in [9.17, 15) is 8.42 Å². The molecule has 128 valence electrons. The number of hydrogen-bond donors (Lipinski definition) is 1. The van der Waals surface area contributed by atoms with Crippen molar-refractivity contribution in [1.82, 2.24) is 0 Å². The van der Waals surface area contributed by atoms with Gasteiger partial charge in [0.2, 0.25) is 0 Å². The van der Waals surface area contributed by atoms with Crippen LogP contribution in [0.25, 0.3) is 0 Å². The molecule has 0 aromatic heterocycles. The number of nitrogens with one attached hydrogen (secondary N) is 1. The highest BCUT2D eigenvalue weighted by atomic mass is 127. The van der Waals surface area contributed by atoms with E-state index in [0.717, 1.165) is 18.9 Å². The quantitative estimate of drug-likeness (QED) is 0.486. The van der Waals surface area contributed by atoms with Crippen molar-refractivity contribution in [2.45, 2.75) is 21.6 Å². The predicted molar refractivity (Wildman–Crippen MR) is 112 cm³/mol. The Morgan fingerprint density at radius 1 is 0.840 bits per heavy atom. The van der Waals surface area contributed by atoms with E-state index in [-0.39, 0.29) is 4.90 Å². The molecule has 0 saturated heterocycles. The molecule has 0 aliphatic heterocycles. The van der Waals surface area contributed by atoms with Crippen molar-refractivity contribution in [3.05, 3.63) is 81.9 Å². The van der Waals surface area contributed by atoms with E-state index in [0.29, 0.717) is 5.69 Å². The fourth-order valence-electron chi connectivity index (χ4n) is 2.21. The molecule has 0 aliphatic carbocycles. The van der Waals surface area contributed by atoms with E-state index in [1.807, 2.05) is 49.4 Å². The Bertz CT molecular complexity index is 986. The third-order valence-electron chi connectivity index (χ3n) is 3.52. The van der Waals surface area contributed by atoms with Crippen LogP contribution in [0.15, 0.2) is 87.5 Å². The lowest BCUT2D eigenvalue weighted by atomic mass is 10.2. The predicted octanol–water partition coefficient (Wildman–Crippen LogP) is 5.55. The summed E-state index contributed by atoms with van der Waals surface area (Å²) in [5.74, 6) is 0. The summed E-state index contributed by atoms with van der Waals surface area (Å²) >= 11 is 3.82. The first-order valence-corrected chi connectivity index (χ1v) is 10.9. The largest absolute Gasteiger partial charge is 0.278 e. The first kappa shape index (κ1) is 18.3. The van der Waals surface area contributed by atoms with E-state index in [1.165, 1.54) is 0 Å². The fourth-order valence-corrected chi connectivity index (χ4v) is 4.99. The molecule has 0 aliphatic rings. The van der Waals surface area contributed by atoms with Crippen LogP contribution in [0.4, 0.5) is 5.69 Å². The number of benzene rings is 3. The highest BCUT2D eigenvalue weighted by molar-refractivity contribution is 14.1. The number of anilines is 1. The van der Waals surface area contributed by atoms with Crippen molar-refractivity contribution in [2.75, 3.05) is 4.72 Å². The molecule has 3 nitrogen and oxygen atoms in total. The Labute approximate surface area is 166 Å². The molecule has 0 bridgehead atoms. The van der Waals surface area contributed by atoms with Crippen LogP contribution in [0.2, 0.25) is 0 Å². The minimum atomic E-state index is -3.62. The molecule has 1 N–H and O–H groups in total. The first-order chi connectivity index (χ1) is 12.0. The molecular weight excluding hydrogens is 465 g/mol. The summed E-state index contributed by atoms with van der Waals surface area (Å²) in [5.41, 5.74) is 1.60. The van der Waals surface area contributed by atoms with Crippen LogP contribution in [0, 0.1) is 10.5 Å². The summed E-state index contributed by atoms with van der Waals surface area (Å²) < 4.78 is 29.2. The first-order valence-electron chi connectivity index (χ1n) is 7.56. The second kappa shape index (κ2) is 7.80. The van der Waals surface area contributed by atoms with Gasteiger partial charge in [-0.15, -0.1) is 0 Å². The van der Waals surface area contributed by atoms with Gasteiger partial charge in [-0.2, -0.15) is 0 Å². The summed E-state index contributed by atoms with van der Waals surface area (Å²) in [6.45, 7) is 1.93. The molecule has 25 heavy (non-hydrogen) atoms. The molecule has 3 aromatic rings. The number of hydrogen-bond acceptors (Lipinski definition) is 3. The molecule has 0 radical (unpaired) electrons. The third kappa shape index (κ3) is 4.56. The van der Waals surface area contributed by atoms with E-state index >= 15 is 0 Å². The van der Waals surface area contributed by atoms with Crippen molar-refractivity contribution in [2.24, 2.45) is 0 Å². The van der Waals surface area contributed by atoms with E-state index in [1.54, 1.807) is 42.1 Å². The maximum atomic E-state index is 12.7.